The van der Waals surface area contributed by atoms with Gasteiger partial charge in [0.05, 0.1) is 11.7 Å². The lowest BCUT2D eigenvalue weighted by atomic mass is 9.94. The highest BCUT2D eigenvalue weighted by Crippen LogP contribution is 2.48. The lowest BCUT2D eigenvalue weighted by Crippen LogP contribution is -2.35. The van der Waals surface area contributed by atoms with Crippen molar-refractivity contribution in [1.82, 2.24) is 9.88 Å². The average molecular weight is 323 g/mol. The third-order valence-corrected chi connectivity index (χ3v) is 5.87. The Hall–Kier alpha value is -1.81. The predicted molar refractivity (Wildman–Crippen MR) is 96.7 cm³/mol. The van der Waals surface area contributed by atoms with E-state index >= 15 is 0 Å². The summed E-state index contributed by atoms with van der Waals surface area (Å²) in [6.07, 6.45) is 3.03. The van der Waals surface area contributed by atoms with Crippen LogP contribution in [0.4, 0.5) is 0 Å². The number of thioether (sulfide) groups is 1. The van der Waals surface area contributed by atoms with Crippen LogP contribution in [0.3, 0.4) is 0 Å². The summed E-state index contributed by atoms with van der Waals surface area (Å²) in [6, 6.07) is 16.0. The number of rotatable bonds is 3. The number of pyridine rings is 1. The highest BCUT2D eigenvalue weighted by molar-refractivity contribution is 8.14. The van der Waals surface area contributed by atoms with Crippen molar-refractivity contribution in [3.05, 3.63) is 65.5 Å². The number of hydrogen-bond donors (Lipinski definition) is 0. The Morgan fingerprint density at radius 2 is 2.00 bits per heavy atom. The molecule has 0 N–H and O–H groups in total. The van der Waals surface area contributed by atoms with E-state index < -0.39 is 0 Å². The molecule has 0 radical (unpaired) electrons. The van der Waals surface area contributed by atoms with Gasteiger partial charge in [0.1, 0.15) is 6.04 Å². The SMILES string of the molecule is CC[C@@H]1CSC2=N[C@@H](c3ccccn3)[C@@H](c3ccc(C)cc3)N21. The summed E-state index contributed by atoms with van der Waals surface area (Å²) >= 11 is 1.89. The fraction of sp³-hybridized carbons (Fsp3) is 0.368. The number of aromatic nitrogens is 1. The van der Waals surface area contributed by atoms with Crippen LogP contribution in [-0.4, -0.2) is 26.8 Å². The van der Waals surface area contributed by atoms with E-state index in [1.165, 1.54) is 16.3 Å². The third-order valence-electron chi connectivity index (χ3n) is 4.75. The summed E-state index contributed by atoms with van der Waals surface area (Å²) in [6.45, 7) is 4.41. The van der Waals surface area contributed by atoms with Gasteiger partial charge in [-0.15, -0.1) is 0 Å². The minimum atomic E-state index is 0.0933. The molecule has 0 saturated carbocycles. The molecular weight excluding hydrogens is 302 g/mol. The smallest absolute Gasteiger partial charge is 0.160 e. The van der Waals surface area contributed by atoms with E-state index in [9.17, 15) is 0 Å². The molecule has 2 aliphatic heterocycles. The van der Waals surface area contributed by atoms with Crippen LogP contribution in [0.1, 0.15) is 42.2 Å². The number of aliphatic imine (C=N–C) groups is 1. The van der Waals surface area contributed by atoms with Gasteiger partial charge < -0.3 is 4.90 Å². The number of nitrogens with zero attached hydrogens (tertiary/aromatic N) is 3. The van der Waals surface area contributed by atoms with Gasteiger partial charge in [0.25, 0.3) is 0 Å². The number of aryl methyl sites for hydroxylation is 1. The van der Waals surface area contributed by atoms with Crippen molar-refractivity contribution in [2.75, 3.05) is 5.75 Å². The normalized spacial score (nSPS) is 26.3. The van der Waals surface area contributed by atoms with Gasteiger partial charge in [-0.05, 0) is 31.0 Å². The summed E-state index contributed by atoms with van der Waals surface area (Å²) in [5.41, 5.74) is 3.70. The van der Waals surface area contributed by atoms with Gasteiger partial charge in [-0.2, -0.15) is 0 Å². The molecule has 1 saturated heterocycles. The highest BCUT2D eigenvalue weighted by atomic mass is 32.2. The average Bonchev–Trinajstić information content (AvgIpc) is 3.15. The maximum Gasteiger partial charge on any atom is 0.160 e. The van der Waals surface area contributed by atoms with Crippen molar-refractivity contribution in [3.63, 3.8) is 0 Å². The molecule has 0 amide bonds. The van der Waals surface area contributed by atoms with E-state index in [0.29, 0.717) is 6.04 Å². The van der Waals surface area contributed by atoms with E-state index in [1.807, 2.05) is 24.0 Å². The Balaban J connectivity index is 1.78. The highest BCUT2D eigenvalue weighted by Gasteiger charge is 2.45. The molecule has 3 heterocycles. The van der Waals surface area contributed by atoms with Gasteiger partial charge in [0.15, 0.2) is 5.17 Å². The molecule has 1 fully saturated rings. The standard InChI is InChI=1S/C19H21N3S/c1-3-15-12-23-19-21-17(16-6-4-5-11-20-16)18(22(15)19)14-9-7-13(2)8-10-14/h4-11,15,17-18H,3,12H2,1-2H3/t15-,17+,18-/m1/s1. The molecule has 0 bridgehead atoms. The summed E-state index contributed by atoms with van der Waals surface area (Å²) in [4.78, 5) is 12.2. The molecule has 3 atom stereocenters. The minimum absolute atomic E-state index is 0.0933. The Morgan fingerprint density at radius 3 is 2.70 bits per heavy atom. The zero-order valence-corrected chi connectivity index (χ0v) is 14.3. The van der Waals surface area contributed by atoms with E-state index in [2.05, 4.69) is 60.1 Å². The van der Waals surface area contributed by atoms with Crippen LogP contribution in [0.2, 0.25) is 0 Å². The quantitative estimate of drug-likeness (QED) is 0.840. The van der Waals surface area contributed by atoms with Gasteiger partial charge >= 0.3 is 0 Å². The molecule has 2 aromatic rings. The maximum absolute atomic E-state index is 5.04. The first-order valence-corrected chi connectivity index (χ1v) is 9.23. The van der Waals surface area contributed by atoms with Crippen molar-refractivity contribution in [2.24, 2.45) is 4.99 Å². The number of hydrogen-bond acceptors (Lipinski definition) is 4. The molecule has 2 aliphatic rings. The molecule has 0 spiro atoms. The van der Waals surface area contributed by atoms with Gasteiger partial charge in [-0.25, -0.2) is 0 Å². The Kier molecular flexibility index (Phi) is 3.85. The third kappa shape index (κ3) is 2.55. The molecule has 0 aliphatic carbocycles. The number of amidine groups is 1. The molecular formula is C19H21N3S. The second-order valence-corrected chi connectivity index (χ2v) is 7.23. The summed E-state index contributed by atoms with van der Waals surface area (Å²) in [7, 11) is 0. The van der Waals surface area contributed by atoms with Gasteiger partial charge in [0, 0.05) is 18.0 Å². The van der Waals surface area contributed by atoms with Gasteiger partial charge in [-0.1, -0.05) is 54.6 Å². The van der Waals surface area contributed by atoms with Crippen LogP contribution in [0, 0.1) is 6.92 Å². The summed E-state index contributed by atoms with van der Waals surface area (Å²) < 4.78 is 0. The van der Waals surface area contributed by atoms with Crippen LogP contribution < -0.4 is 0 Å². The Morgan fingerprint density at radius 1 is 1.17 bits per heavy atom. The Bertz CT molecular complexity index is 711. The van der Waals surface area contributed by atoms with Crippen molar-refractivity contribution < 1.29 is 0 Å². The fourth-order valence-corrected chi connectivity index (χ4v) is 4.81. The van der Waals surface area contributed by atoms with E-state index in [-0.39, 0.29) is 12.1 Å². The lowest BCUT2D eigenvalue weighted by Gasteiger charge is -2.32. The Labute approximate surface area is 141 Å². The van der Waals surface area contributed by atoms with Crippen LogP contribution >= 0.6 is 11.8 Å². The molecule has 4 heteroatoms. The fourth-order valence-electron chi connectivity index (χ4n) is 3.47. The van der Waals surface area contributed by atoms with Gasteiger partial charge in [-0.3, -0.25) is 9.98 Å². The lowest BCUT2D eigenvalue weighted by molar-refractivity contribution is 0.255. The van der Waals surface area contributed by atoms with Crippen molar-refractivity contribution in [2.45, 2.75) is 38.4 Å². The number of fused-ring (bicyclic) bond motifs is 1. The van der Waals surface area contributed by atoms with E-state index in [1.54, 1.807) is 0 Å². The van der Waals surface area contributed by atoms with Crippen LogP contribution in [0.5, 0.6) is 0 Å². The van der Waals surface area contributed by atoms with Crippen molar-refractivity contribution in [3.8, 4) is 0 Å². The maximum atomic E-state index is 5.04. The molecule has 118 valence electrons. The first-order chi connectivity index (χ1) is 11.3. The van der Waals surface area contributed by atoms with E-state index in [0.717, 1.165) is 17.9 Å². The predicted octanol–water partition coefficient (Wildman–Crippen LogP) is 4.37. The largest absolute Gasteiger partial charge is 0.338 e. The van der Waals surface area contributed by atoms with Crippen molar-refractivity contribution in [1.29, 1.82) is 0 Å². The monoisotopic (exact) mass is 323 g/mol. The van der Waals surface area contributed by atoms with Gasteiger partial charge in [0.2, 0.25) is 0 Å². The summed E-state index contributed by atoms with van der Waals surface area (Å²) in [5.74, 6) is 1.15. The molecule has 1 aromatic carbocycles. The molecule has 1 aromatic heterocycles. The first kappa shape index (κ1) is 14.8. The summed E-state index contributed by atoms with van der Waals surface area (Å²) in [5, 5.41) is 1.19. The van der Waals surface area contributed by atoms with E-state index in [4.69, 9.17) is 4.99 Å². The second kappa shape index (κ2) is 6.00. The zero-order chi connectivity index (χ0) is 15.8. The second-order valence-electron chi connectivity index (χ2n) is 6.25. The molecule has 4 rings (SSSR count). The molecule has 3 nitrogen and oxygen atoms in total. The minimum Gasteiger partial charge on any atom is -0.338 e. The molecule has 23 heavy (non-hydrogen) atoms. The number of benzene rings is 1. The topological polar surface area (TPSA) is 28.5 Å². The molecule has 0 unspecified atom stereocenters. The van der Waals surface area contributed by atoms with Crippen LogP contribution in [0.15, 0.2) is 53.7 Å². The van der Waals surface area contributed by atoms with Crippen LogP contribution in [0.25, 0.3) is 0 Å². The van der Waals surface area contributed by atoms with Crippen molar-refractivity contribution >= 4 is 16.9 Å². The zero-order valence-electron chi connectivity index (χ0n) is 13.5. The first-order valence-electron chi connectivity index (χ1n) is 8.24. The van der Waals surface area contributed by atoms with Crippen LogP contribution in [-0.2, 0) is 0 Å².